The van der Waals surface area contributed by atoms with Crippen LogP contribution in [0.4, 0.5) is 0 Å². The first-order valence-corrected chi connectivity index (χ1v) is 7.71. The fraction of sp³-hybridized carbons (Fsp3) is 0.429. The van der Waals surface area contributed by atoms with E-state index in [2.05, 4.69) is 5.32 Å². The fourth-order valence-electron chi connectivity index (χ4n) is 2.02. The third-order valence-electron chi connectivity index (χ3n) is 3.43. The molecule has 1 aliphatic rings. The van der Waals surface area contributed by atoms with Crippen LogP contribution in [0.2, 0.25) is 5.02 Å². The highest BCUT2D eigenvalue weighted by atomic mass is 35.5. The van der Waals surface area contributed by atoms with Crippen molar-refractivity contribution in [3.05, 3.63) is 29.3 Å². The second kappa shape index (κ2) is 6.06. The molecule has 2 N–H and O–H groups in total. The summed E-state index contributed by atoms with van der Waals surface area (Å²) in [6.07, 6.45) is 1.70. The Morgan fingerprint density at radius 3 is 2.65 bits per heavy atom. The Bertz CT molecular complexity index is 533. The van der Waals surface area contributed by atoms with Crippen molar-refractivity contribution in [3.8, 4) is 0 Å². The first-order chi connectivity index (χ1) is 9.43. The third kappa shape index (κ3) is 3.46. The second-order valence-electron chi connectivity index (χ2n) is 5.05. The summed E-state index contributed by atoms with van der Waals surface area (Å²) in [5.74, 6) is -1.07. The maximum absolute atomic E-state index is 11.9. The van der Waals surface area contributed by atoms with Crippen LogP contribution < -0.4 is 5.32 Å². The molecule has 0 saturated heterocycles. The minimum absolute atomic E-state index is 0.0364. The molecule has 1 saturated carbocycles. The maximum atomic E-state index is 11.9. The number of carboxylic acid groups (broad SMARTS) is 1. The predicted molar refractivity (Wildman–Crippen MR) is 79.1 cm³/mol. The van der Waals surface area contributed by atoms with Gasteiger partial charge in [-0.2, -0.15) is 0 Å². The number of carbonyl (C=O) groups is 2. The first kappa shape index (κ1) is 15.2. The lowest BCUT2D eigenvalue weighted by molar-refractivity contribution is -0.147. The molecule has 4 nitrogen and oxygen atoms in total. The molecule has 108 valence electrons. The number of thioether (sulfide) groups is 1. The van der Waals surface area contributed by atoms with Crippen LogP contribution in [0.15, 0.2) is 29.2 Å². The third-order valence-corrected chi connectivity index (χ3v) is 4.95. The Morgan fingerprint density at radius 2 is 2.10 bits per heavy atom. The number of hydrogen-bond acceptors (Lipinski definition) is 3. The fourth-order valence-corrected chi connectivity index (χ4v) is 3.06. The quantitative estimate of drug-likeness (QED) is 0.793. The van der Waals surface area contributed by atoms with Gasteiger partial charge in [0.05, 0.1) is 10.8 Å². The molecular formula is C14H16ClNO3S. The summed E-state index contributed by atoms with van der Waals surface area (Å²) in [7, 11) is 0. The Hall–Kier alpha value is -1.20. The van der Waals surface area contributed by atoms with Crippen LogP contribution in [0.1, 0.15) is 19.8 Å². The van der Waals surface area contributed by atoms with Gasteiger partial charge >= 0.3 is 5.97 Å². The van der Waals surface area contributed by atoms with Crippen LogP contribution in [0.3, 0.4) is 0 Å². The van der Waals surface area contributed by atoms with Crippen LogP contribution >= 0.6 is 23.4 Å². The number of hydrogen-bond donors (Lipinski definition) is 2. The SMILES string of the molecule is CC(NC(=O)CSc1ccccc1Cl)(C(=O)O)C1CC1. The zero-order valence-electron chi connectivity index (χ0n) is 11.1. The van der Waals surface area contributed by atoms with E-state index in [4.69, 9.17) is 11.6 Å². The molecule has 1 fully saturated rings. The van der Waals surface area contributed by atoms with Crippen molar-refractivity contribution in [2.24, 2.45) is 5.92 Å². The van der Waals surface area contributed by atoms with E-state index >= 15 is 0 Å². The second-order valence-corrected chi connectivity index (χ2v) is 6.47. The summed E-state index contributed by atoms with van der Waals surface area (Å²) in [6, 6.07) is 7.25. The molecule has 0 radical (unpaired) electrons. The summed E-state index contributed by atoms with van der Waals surface area (Å²) >= 11 is 7.31. The van der Waals surface area contributed by atoms with E-state index in [0.717, 1.165) is 17.7 Å². The number of aliphatic carboxylic acids is 1. The molecule has 0 bridgehead atoms. The van der Waals surface area contributed by atoms with Crippen LogP contribution in [0.5, 0.6) is 0 Å². The number of nitrogens with one attached hydrogen (secondary N) is 1. The number of carbonyl (C=O) groups excluding carboxylic acids is 1. The monoisotopic (exact) mass is 313 g/mol. The lowest BCUT2D eigenvalue weighted by Crippen LogP contribution is -2.54. The molecule has 20 heavy (non-hydrogen) atoms. The van der Waals surface area contributed by atoms with Gasteiger partial charge in [-0.25, -0.2) is 4.79 Å². The van der Waals surface area contributed by atoms with E-state index in [0.29, 0.717) is 5.02 Å². The Labute approximate surface area is 126 Å². The highest BCUT2D eigenvalue weighted by Crippen LogP contribution is 2.39. The van der Waals surface area contributed by atoms with Crippen molar-refractivity contribution >= 4 is 35.2 Å². The number of amides is 1. The Kier molecular flexibility index (Phi) is 4.60. The standard InChI is InChI=1S/C14H16ClNO3S/c1-14(13(18)19,9-6-7-9)16-12(17)8-20-11-5-3-2-4-10(11)15/h2-5,9H,6-8H2,1H3,(H,16,17)(H,18,19). The molecule has 1 aromatic rings. The molecule has 0 aromatic heterocycles. The molecule has 6 heteroatoms. The van der Waals surface area contributed by atoms with E-state index in [1.54, 1.807) is 13.0 Å². The minimum atomic E-state index is -1.15. The van der Waals surface area contributed by atoms with E-state index in [9.17, 15) is 14.7 Å². The van der Waals surface area contributed by atoms with E-state index < -0.39 is 11.5 Å². The lowest BCUT2D eigenvalue weighted by atomic mass is 9.96. The van der Waals surface area contributed by atoms with Crippen molar-refractivity contribution < 1.29 is 14.7 Å². The van der Waals surface area contributed by atoms with Crippen LogP contribution in [0.25, 0.3) is 0 Å². The predicted octanol–water partition coefficient (Wildman–Crippen LogP) is 2.80. The van der Waals surface area contributed by atoms with E-state index in [-0.39, 0.29) is 17.6 Å². The first-order valence-electron chi connectivity index (χ1n) is 6.35. The molecule has 0 heterocycles. The van der Waals surface area contributed by atoms with Crippen molar-refractivity contribution in [2.45, 2.75) is 30.2 Å². The van der Waals surface area contributed by atoms with Gasteiger partial charge in [-0.05, 0) is 37.8 Å². The minimum Gasteiger partial charge on any atom is -0.480 e. The number of halogens is 1. The normalized spacial score (nSPS) is 17.3. The molecule has 1 amide bonds. The zero-order valence-corrected chi connectivity index (χ0v) is 12.6. The molecule has 1 aromatic carbocycles. The van der Waals surface area contributed by atoms with Gasteiger partial charge < -0.3 is 10.4 Å². The van der Waals surface area contributed by atoms with Crippen LogP contribution in [0, 0.1) is 5.92 Å². The van der Waals surface area contributed by atoms with Gasteiger partial charge in [-0.15, -0.1) is 11.8 Å². The number of benzene rings is 1. The Balaban J connectivity index is 1.92. The van der Waals surface area contributed by atoms with Crippen molar-refractivity contribution in [2.75, 3.05) is 5.75 Å². The van der Waals surface area contributed by atoms with Gasteiger partial charge in [0, 0.05) is 4.90 Å². The molecule has 0 aliphatic heterocycles. The summed E-state index contributed by atoms with van der Waals surface area (Å²) < 4.78 is 0. The Morgan fingerprint density at radius 1 is 1.45 bits per heavy atom. The van der Waals surface area contributed by atoms with Gasteiger partial charge in [0.15, 0.2) is 0 Å². The molecule has 0 spiro atoms. The number of carboxylic acids is 1. The van der Waals surface area contributed by atoms with Crippen molar-refractivity contribution in [3.63, 3.8) is 0 Å². The smallest absolute Gasteiger partial charge is 0.329 e. The van der Waals surface area contributed by atoms with Gasteiger partial charge in [-0.1, -0.05) is 23.7 Å². The highest BCUT2D eigenvalue weighted by molar-refractivity contribution is 8.00. The molecule has 1 atom stereocenters. The molecule has 2 rings (SSSR count). The molecule has 1 aliphatic carbocycles. The van der Waals surface area contributed by atoms with Gasteiger partial charge in [0.25, 0.3) is 0 Å². The van der Waals surface area contributed by atoms with Gasteiger partial charge in [0.1, 0.15) is 5.54 Å². The van der Waals surface area contributed by atoms with Crippen LogP contribution in [-0.2, 0) is 9.59 Å². The highest BCUT2D eigenvalue weighted by Gasteiger charge is 2.48. The maximum Gasteiger partial charge on any atom is 0.329 e. The largest absolute Gasteiger partial charge is 0.480 e. The summed E-state index contributed by atoms with van der Waals surface area (Å²) in [5, 5.41) is 12.5. The number of rotatable bonds is 6. The van der Waals surface area contributed by atoms with Crippen molar-refractivity contribution in [1.82, 2.24) is 5.32 Å². The van der Waals surface area contributed by atoms with Crippen LogP contribution in [-0.4, -0.2) is 28.3 Å². The zero-order chi connectivity index (χ0) is 14.8. The van der Waals surface area contributed by atoms with E-state index in [1.807, 2.05) is 18.2 Å². The average molecular weight is 314 g/mol. The topological polar surface area (TPSA) is 66.4 Å². The lowest BCUT2D eigenvalue weighted by Gasteiger charge is -2.26. The summed E-state index contributed by atoms with van der Waals surface area (Å²) in [5.41, 5.74) is -1.15. The van der Waals surface area contributed by atoms with E-state index in [1.165, 1.54) is 11.8 Å². The summed E-state index contributed by atoms with van der Waals surface area (Å²) in [6.45, 7) is 1.57. The van der Waals surface area contributed by atoms with Gasteiger partial charge in [0.2, 0.25) is 5.91 Å². The summed E-state index contributed by atoms with van der Waals surface area (Å²) in [4.78, 5) is 24.1. The van der Waals surface area contributed by atoms with Gasteiger partial charge in [-0.3, -0.25) is 4.79 Å². The molecular weight excluding hydrogens is 298 g/mol. The van der Waals surface area contributed by atoms with Crippen molar-refractivity contribution in [1.29, 1.82) is 0 Å². The molecule has 1 unspecified atom stereocenters. The average Bonchev–Trinajstić information content (AvgIpc) is 3.22.